The van der Waals surface area contributed by atoms with Gasteiger partial charge in [-0.2, -0.15) is 17.6 Å². The molecule has 0 amide bonds. The number of rotatable bonds is 6. The van der Waals surface area contributed by atoms with E-state index in [-0.39, 0.29) is 23.1 Å². The molecule has 2 aromatic carbocycles. The Kier molecular flexibility index (Phi) is 7.49. The van der Waals surface area contributed by atoms with E-state index >= 15 is 0 Å². The van der Waals surface area contributed by atoms with E-state index in [1.807, 2.05) is 29.2 Å². The number of thiophene rings is 1. The summed E-state index contributed by atoms with van der Waals surface area (Å²) in [6.07, 6.45) is -5.15. The molecular formula is C27H26F4N4O4S. The average Bonchev–Trinajstić information content (AvgIpc) is 3.32. The second-order valence-corrected chi connectivity index (χ2v) is 10.1. The Morgan fingerprint density at radius 2 is 1.80 bits per heavy atom. The summed E-state index contributed by atoms with van der Waals surface area (Å²) in [5.74, 6) is -0.219. The maximum Gasteiger partial charge on any atom is 0.416 e. The number of nitrogens with zero attached hydrogens (tertiary/aromatic N) is 4. The first-order valence-electron chi connectivity index (χ1n) is 12.4. The third kappa shape index (κ3) is 5.25. The molecule has 2 aliphatic rings. The molecule has 0 saturated carbocycles. The van der Waals surface area contributed by atoms with Crippen LogP contribution in [0.2, 0.25) is 0 Å². The van der Waals surface area contributed by atoms with Crippen LogP contribution in [0.5, 0.6) is 11.5 Å². The number of piperazine rings is 1. The van der Waals surface area contributed by atoms with Crippen molar-refractivity contribution < 1.29 is 36.9 Å². The van der Waals surface area contributed by atoms with Crippen LogP contribution in [0.25, 0.3) is 0 Å². The highest BCUT2D eigenvalue weighted by Crippen LogP contribution is 2.47. The van der Waals surface area contributed by atoms with Crippen LogP contribution in [-0.2, 0) is 11.0 Å². The number of benzene rings is 2. The number of hydrogen-bond donors (Lipinski definition) is 1. The summed E-state index contributed by atoms with van der Waals surface area (Å²) in [4.78, 5) is 22.0. The van der Waals surface area contributed by atoms with Crippen LogP contribution in [0.4, 0.5) is 34.6 Å². The summed E-state index contributed by atoms with van der Waals surface area (Å²) in [5.41, 5.74) is 0.305. The van der Waals surface area contributed by atoms with Gasteiger partial charge in [-0.3, -0.25) is 4.79 Å². The van der Waals surface area contributed by atoms with Gasteiger partial charge in [-0.05, 0) is 30.3 Å². The van der Waals surface area contributed by atoms with Crippen LogP contribution in [0, 0.1) is 5.13 Å². The minimum absolute atomic E-state index is 0.00340. The van der Waals surface area contributed by atoms with Gasteiger partial charge >= 0.3 is 12.1 Å². The summed E-state index contributed by atoms with van der Waals surface area (Å²) in [5, 5.41) is 10.6. The van der Waals surface area contributed by atoms with E-state index in [9.17, 15) is 27.5 Å². The second kappa shape index (κ2) is 10.9. The van der Waals surface area contributed by atoms with Gasteiger partial charge in [-0.15, -0.1) is 11.3 Å². The molecular weight excluding hydrogens is 552 g/mol. The van der Waals surface area contributed by atoms with Crippen LogP contribution >= 0.6 is 11.3 Å². The minimum atomic E-state index is -4.65. The number of hydrogen-bond acceptors (Lipinski definition) is 8. The summed E-state index contributed by atoms with van der Waals surface area (Å²) in [7, 11) is 2.90. The second-order valence-electron chi connectivity index (χ2n) is 9.27. The lowest BCUT2D eigenvalue weighted by molar-refractivity contribution is -0.138. The molecule has 8 nitrogen and oxygen atoms in total. The van der Waals surface area contributed by atoms with Crippen molar-refractivity contribution in [2.45, 2.75) is 18.6 Å². The predicted molar refractivity (Wildman–Crippen MR) is 144 cm³/mol. The van der Waals surface area contributed by atoms with Crippen LogP contribution in [0.15, 0.2) is 52.8 Å². The highest BCUT2D eigenvalue weighted by molar-refractivity contribution is 7.08. The first-order chi connectivity index (χ1) is 19.1. The number of methoxy groups -OCH3 is 2. The molecule has 40 heavy (non-hydrogen) atoms. The number of guanidine groups is 1. The number of halogens is 4. The molecule has 1 atom stereocenters. The summed E-state index contributed by atoms with van der Waals surface area (Å²) in [6.45, 7) is 1.86. The minimum Gasteiger partial charge on any atom is -0.497 e. The molecule has 2 aliphatic heterocycles. The fraction of sp³-hybridized carbons (Fsp3) is 0.333. The quantitative estimate of drug-likeness (QED) is 0.372. The van der Waals surface area contributed by atoms with Crippen LogP contribution < -0.4 is 19.3 Å². The molecule has 13 heteroatoms. The van der Waals surface area contributed by atoms with Crippen molar-refractivity contribution in [3.8, 4) is 11.5 Å². The normalized spacial score (nSPS) is 17.4. The van der Waals surface area contributed by atoms with Gasteiger partial charge < -0.3 is 29.3 Å². The Labute approximate surface area is 231 Å². The van der Waals surface area contributed by atoms with Gasteiger partial charge in [0.05, 0.1) is 37.9 Å². The Hall–Kier alpha value is -4.00. The molecule has 5 rings (SSSR count). The van der Waals surface area contributed by atoms with E-state index in [0.29, 0.717) is 37.5 Å². The smallest absolute Gasteiger partial charge is 0.416 e. The zero-order chi connectivity index (χ0) is 28.6. The molecule has 1 N–H and O–H groups in total. The van der Waals surface area contributed by atoms with E-state index in [4.69, 9.17) is 9.47 Å². The van der Waals surface area contributed by atoms with Crippen molar-refractivity contribution in [3.63, 3.8) is 0 Å². The molecule has 212 valence electrons. The lowest BCUT2D eigenvalue weighted by atomic mass is 10.00. The van der Waals surface area contributed by atoms with Crippen molar-refractivity contribution in [1.29, 1.82) is 0 Å². The molecule has 0 spiro atoms. The van der Waals surface area contributed by atoms with E-state index in [1.165, 1.54) is 23.5 Å². The number of carbonyl (C=O) groups is 1. The van der Waals surface area contributed by atoms with Crippen LogP contribution in [-0.4, -0.2) is 62.3 Å². The number of fused-ring (bicyclic) bond motifs is 1. The van der Waals surface area contributed by atoms with E-state index in [1.54, 1.807) is 7.11 Å². The number of aliphatic imine (C=N–C) groups is 1. The van der Waals surface area contributed by atoms with Crippen molar-refractivity contribution in [2.24, 2.45) is 4.99 Å². The molecule has 1 saturated heterocycles. The van der Waals surface area contributed by atoms with Crippen LogP contribution in [0.1, 0.15) is 23.6 Å². The lowest BCUT2D eigenvalue weighted by Crippen LogP contribution is -2.55. The topological polar surface area (TPSA) is 77.8 Å². The molecule has 1 fully saturated rings. The first-order valence-corrected chi connectivity index (χ1v) is 13.2. The van der Waals surface area contributed by atoms with Crippen molar-refractivity contribution in [2.75, 3.05) is 50.2 Å². The summed E-state index contributed by atoms with van der Waals surface area (Å²) >= 11 is 0.772. The largest absolute Gasteiger partial charge is 0.497 e. The SMILES string of the molecule is COc1cccc(N2CCN(C3=Nc4c(csc4F)C(CC(=O)O)N3c3cc(C(F)(F)F)ccc3OC)CC2)c1. The van der Waals surface area contributed by atoms with Crippen molar-refractivity contribution in [1.82, 2.24) is 4.90 Å². The van der Waals surface area contributed by atoms with E-state index < -0.39 is 35.3 Å². The molecule has 0 bridgehead atoms. The third-order valence-electron chi connectivity index (χ3n) is 6.96. The Balaban J connectivity index is 1.58. The summed E-state index contributed by atoms with van der Waals surface area (Å²) < 4.78 is 66.9. The Morgan fingerprint density at radius 1 is 1.07 bits per heavy atom. The van der Waals surface area contributed by atoms with Crippen molar-refractivity contribution >= 4 is 40.3 Å². The molecule has 0 radical (unpaired) electrons. The zero-order valence-corrected chi connectivity index (χ0v) is 22.4. The Bertz CT molecular complexity index is 1440. The maximum absolute atomic E-state index is 14.9. The third-order valence-corrected chi connectivity index (χ3v) is 7.73. The fourth-order valence-electron chi connectivity index (χ4n) is 5.01. The number of anilines is 2. The molecule has 0 aliphatic carbocycles. The number of aliphatic carboxylic acids is 1. The highest BCUT2D eigenvalue weighted by atomic mass is 32.1. The van der Waals surface area contributed by atoms with Gasteiger partial charge in [-0.25, -0.2) is 4.99 Å². The average molecular weight is 579 g/mol. The highest BCUT2D eigenvalue weighted by Gasteiger charge is 2.41. The molecule has 1 unspecified atom stereocenters. The molecule has 1 aromatic heterocycles. The van der Waals surface area contributed by atoms with Gasteiger partial charge in [0, 0.05) is 48.9 Å². The van der Waals surface area contributed by atoms with Gasteiger partial charge in [0.15, 0.2) is 0 Å². The van der Waals surface area contributed by atoms with Gasteiger partial charge in [0.25, 0.3) is 0 Å². The van der Waals surface area contributed by atoms with Crippen LogP contribution in [0.3, 0.4) is 0 Å². The maximum atomic E-state index is 14.9. The standard InChI is InChI=1S/C27H26F4N4O4S/c1-38-18-5-3-4-17(13-18)33-8-10-34(11-9-33)26-32-24-19(15-40-25(24)28)20(14-23(36)37)35(26)21-12-16(27(29,30)31)6-7-22(21)39-2/h3-7,12-13,15,20H,8-11,14H2,1-2H3,(H,36,37). The van der Waals surface area contributed by atoms with Gasteiger partial charge in [-0.1, -0.05) is 6.07 Å². The number of ether oxygens (including phenoxy) is 2. The van der Waals surface area contributed by atoms with E-state index in [0.717, 1.165) is 29.2 Å². The van der Waals surface area contributed by atoms with E-state index in [2.05, 4.69) is 9.89 Å². The number of carboxylic acid groups (broad SMARTS) is 1. The monoisotopic (exact) mass is 578 g/mol. The van der Waals surface area contributed by atoms with Gasteiger partial charge in [0.1, 0.15) is 17.2 Å². The summed E-state index contributed by atoms with van der Waals surface area (Å²) in [6, 6.07) is 9.57. The molecule has 3 aromatic rings. The zero-order valence-electron chi connectivity index (χ0n) is 21.6. The Morgan fingerprint density at radius 3 is 2.45 bits per heavy atom. The van der Waals surface area contributed by atoms with Crippen molar-refractivity contribution in [3.05, 3.63) is 64.1 Å². The first kappa shape index (κ1) is 27.6. The molecule has 3 heterocycles. The number of carboxylic acids is 1. The number of alkyl halides is 3. The fourth-order valence-corrected chi connectivity index (χ4v) is 5.78. The lowest BCUT2D eigenvalue weighted by Gasteiger charge is -2.44. The predicted octanol–water partition coefficient (Wildman–Crippen LogP) is 5.77. The van der Waals surface area contributed by atoms with Gasteiger partial charge in [0.2, 0.25) is 11.1 Å².